The van der Waals surface area contributed by atoms with Gasteiger partial charge in [0.25, 0.3) is 0 Å². The fourth-order valence-corrected chi connectivity index (χ4v) is 1.76. The standard InChI is InChI=1S/C15H16N2/c1-12(14-6-4-3-5-7-14)17-13(2)15-8-10-16-11-9-15/h3-12H,1-2H3/t12-/m1/s1. The Morgan fingerprint density at radius 1 is 1.06 bits per heavy atom. The van der Waals surface area contributed by atoms with E-state index < -0.39 is 0 Å². The van der Waals surface area contributed by atoms with Crippen molar-refractivity contribution >= 4 is 5.71 Å². The fraction of sp³-hybridized carbons (Fsp3) is 0.200. The average molecular weight is 224 g/mol. The molecule has 0 radical (unpaired) electrons. The van der Waals surface area contributed by atoms with Crippen LogP contribution < -0.4 is 0 Å². The van der Waals surface area contributed by atoms with Crippen LogP contribution in [0.3, 0.4) is 0 Å². The maximum absolute atomic E-state index is 4.71. The first-order valence-corrected chi connectivity index (χ1v) is 5.77. The highest BCUT2D eigenvalue weighted by molar-refractivity contribution is 5.98. The van der Waals surface area contributed by atoms with Crippen molar-refractivity contribution in [2.75, 3.05) is 0 Å². The average Bonchev–Trinajstić information content (AvgIpc) is 2.40. The molecule has 0 unspecified atom stereocenters. The van der Waals surface area contributed by atoms with E-state index >= 15 is 0 Å². The lowest BCUT2D eigenvalue weighted by Gasteiger charge is -2.08. The van der Waals surface area contributed by atoms with Crippen LogP contribution in [0.4, 0.5) is 0 Å². The van der Waals surface area contributed by atoms with Crippen molar-refractivity contribution in [3.05, 3.63) is 66.0 Å². The van der Waals surface area contributed by atoms with E-state index in [1.165, 1.54) is 5.56 Å². The topological polar surface area (TPSA) is 25.2 Å². The second kappa shape index (κ2) is 5.39. The predicted octanol–water partition coefficient (Wildman–Crippen LogP) is 3.65. The molecule has 1 atom stereocenters. The van der Waals surface area contributed by atoms with Gasteiger partial charge in [-0.05, 0) is 37.1 Å². The van der Waals surface area contributed by atoms with Gasteiger partial charge < -0.3 is 0 Å². The summed E-state index contributed by atoms with van der Waals surface area (Å²) in [5.74, 6) is 0. The maximum atomic E-state index is 4.71. The normalized spacial score (nSPS) is 13.4. The molecule has 2 heteroatoms. The zero-order valence-electron chi connectivity index (χ0n) is 10.2. The van der Waals surface area contributed by atoms with Crippen LogP contribution in [0.1, 0.15) is 31.0 Å². The SMILES string of the molecule is CC(=N[C@H](C)c1ccccc1)c1ccncc1. The second-order valence-corrected chi connectivity index (χ2v) is 4.04. The van der Waals surface area contributed by atoms with Gasteiger partial charge >= 0.3 is 0 Å². The van der Waals surface area contributed by atoms with Gasteiger partial charge in [-0.25, -0.2) is 0 Å². The summed E-state index contributed by atoms with van der Waals surface area (Å²) < 4.78 is 0. The monoisotopic (exact) mass is 224 g/mol. The second-order valence-electron chi connectivity index (χ2n) is 4.04. The van der Waals surface area contributed by atoms with Crippen LogP contribution in [-0.2, 0) is 0 Å². The lowest BCUT2D eigenvalue weighted by atomic mass is 10.1. The van der Waals surface area contributed by atoms with Gasteiger partial charge in [0, 0.05) is 18.1 Å². The third kappa shape index (κ3) is 3.00. The first-order chi connectivity index (χ1) is 8.27. The minimum absolute atomic E-state index is 0.185. The third-order valence-electron chi connectivity index (χ3n) is 2.77. The Morgan fingerprint density at radius 2 is 1.71 bits per heavy atom. The minimum Gasteiger partial charge on any atom is -0.282 e. The zero-order chi connectivity index (χ0) is 12.1. The Morgan fingerprint density at radius 3 is 2.35 bits per heavy atom. The summed E-state index contributed by atoms with van der Waals surface area (Å²) in [6.07, 6.45) is 3.59. The van der Waals surface area contributed by atoms with Gasteiger partial charge in [-0.1, -0.05) is 30.3 Å². The Bertz CT molecular complexity index is 489. The van der Waals surface area contributed by atoms with Gasteiger partial charge in [0.05, 0.1) is 6.04 Å². The molecule has 86 valence electrons. The number of hydrogen-bond donors (Lipinski definition) is 0. The van der Waals surface area contributed by atoms with Crippen LogP contribution in [-0.4, -0.2) is 10.7 Å². The molecular formula is C15H16N2. The maximum Gasteiger partial charge on any atom is 0.0724 e. The molecular weight excluding hydrogens is 208 g/mol. The highest BCUT2D eigenvalue weighted by Crippen LogP contribution is 2.17. The highest BCUT2D eigenvalue weighted by Gasteiger charge is 2.03. The molecule has 2 rings (SSSR count). The molecule has 0 aliphatic rings. The number of nitrogens with zero attached hydrogens (tertiary/aromatic N) is 2. The number of aromatic nitrogens is 1. The number of pyridine rings is 1. The van der Waals surface area contributed by atoms with Gasteiger partial charge in [0.2, 0.25) is 0 Å². The molecule has 2 nitrogen and oxygen atoms in total. The van der Waals surface area contributed by atoms with Crippen LogP contribution in [0.15, 0.2) is 59.9 Å². The van der Waals surface area contributed by atoms with Crippen molar-refractivity contribution in [1.29, 1.82) is 0 Å². The van der Waals surface area contributed by atoms with E-state index in [-0.39, 0.29) is 6.04 Å². The molecule has 1 aromatic heterocycles. The van der Waals surface area contributed by atoms with E-state index in [1.807, 2.05) is 37.3 Å². The minimum atomic E-state index is 0.185. The summed E-state index contributed by atoms with van der Waals surface area (Å²) >= 11 is 0. The Balaban J connectivity index is 2.20. The largest absolute Gasteiger partial charge is 0.282 e. The van der Waals surface area contributed by atoms with Crippen molar-refractivity contribution in [2.45, 2.75) is 19.9 Å². The molecule has 0 spiro atoms. The summed E-state index contributed by atoms with van der Waals surface area (Å²) in [5, 5.41) is 0. The van der Waals surface area contributed by atoms with Crippen LogP contribution in [0, 0.1) is 0 Å². The van der Waals surface area contributed by atoms with E-state index in [4.69, 9.17) is 4.99 Å². The molecule has 0 aliphatic heterocycles. The van der Waals surface area contributed by atoms with Crippen molar-refractivity contribution in [2.24, 2.45) is 4.99 Å². The highest BCUT2D eigenvalue weighted by atomic mass is 14.8. The summed E-state index contributed by atoms with van der Waals surface area (Å²) in [5.41, 5.74) is 3.41. The number of aliphatic imine (C=N–C) groups is 1. The Labute approximate surface area is 102 Å². The van der Waals surface area contributed by atoms with Crippen molar-refractivity contribution in [3.63, 3.8) is 0 Å². The van der Waals surface area contributed by atoms with Crippen LogP contribution in [0.5, 0.6) is 0 Å². The van der Waals surface area contributed by atoms with Crippen LogP contribution in [0.2, 0.25) is 0 Å². The van der Waals surface area contributed by atoms with Crippen molar-refractivity contribution in [1.82, 2.24) is 4.98 Å². The number of rotatable bonds is 3. The molecule has 0 aliphatic carbocycles. The van der Waals surface area contributed by atoms with Crippen molar-refractivity contribution in [3.8, 4) is 0 Å². The van der Waals surface area contributed by atoms with Crippen LogP contribution >= 0.6 is 0 Å². The molecule has 0 amide bonds. The molecule has 17 heavy (non-hydrogen) atoms. The number of hydrogen-bond acceptors (Lipinski definition) is 2. The van der Waals surface area contributed by atoms with Gasteiger partial charge in [0.15, 0.2) is 0 Å². The number of benzene rings is 1. The molecule has 0 saturated carbocycles. The molecule has 0 saturated heterocycles. The van der Waals surface area contributed by atoms with Crippen LogP contribution in [0.25, 0.3) is 0 Å². The van der Waals surface area contributed by atoms with Gasteiger partial charge in [-0.3, -0.25) is 9.98 Å². The molecule has 1 aromatic carbocycles. The molecule has 0 fully saturated rings. The Hall–Kier alpha value is -1.96. The summed E-state index contributed by atoms with van der Waals surface area (Å²) in [4.78, 5) is 8.72. The van der Waals surface area contributed by atoms with Gasteiger partial charge in [-0.15, -0.1) is 0 Å². The predicted molar refractivity (Wildman–Crippen MR) is 71.3 cm³/mol. The quantitative estimate of drug-likeness (QED) is 0.730. The summed E-state index contributed by atoms with van der Waals surface area (Å²) in [6, 6.07) is 14.5. The van der Waals surface area contributed by atoms with Gasteiger partial charge in [-0.2, -0.15) is 0 Å². The Kier molecular flexibility index (Phi) is 3.66. The third-order valence-corrected chi connectivity index (χ3v) is 2.77. The molecule has 1 heterocycles. The van der Waals surface area contributed by atoms with E-state index in [2.05, 4.69) is 24.0 Å². The smallest absolute Gasteiger partial charge is 0.0724 e. The first kappa shape index (κ1) is 11.5. The summed E-state index contributed by atoms with van der Waals surface area (Å²) in [7, 11) is 0. The molecule has 0 bridgehead atoms. The van der Waals surface area contributed by atoms with Crippen molar-refractivity contribution < 1.29 is 0 Å². The van der Waals surface area contributed by atoms with E-state index in [0.717, 1.165) is 11.3 Å². The fourth-order valence-electron chi connectivity index (χ4n) is 1.76. The lowest BCUT2D eigenvalue weighted by Crippen LogP contribution is -1.99. The van der Waals surface area contributed by atoms with Gasteiger partial charge in [0.1, 0.15) is 0 Å². The molecule has 0 N–H and O–H groups in total. The van der Waals surface area contributed by atoms with E-state index in [0.29, 0.717) is 0 Å². The first-order valence-electron chi connectivity index (χ1n) is 5.77. The summed E-state index contributed by atoms with van der Waals surface area (Å²) in [6.45, 7) is 4.15. The van der Waals surface area contributed by atoms with E-state index in [9.17, 15) is 0 Å². The van der Waals surface area contributed by atoms with E-state index in [1.54, 1.807) is 12.4 Å². The molecule has 2 aromatic rings. The lowest BCUT2D eigenvalue weighted by molar-refractivity contribution is 0.819. The zero-order valence-corrected chi connectivity index (χ0v) is 10.2.